The summed E-state index contributed by atoms with van der Waals surface area (Å²) in [4.78, 5) is 27.3. The second-order valence-corrected chi connectivity index (χ2v) is 12.1. The molecule has 212 valence electrons. The second kappa shape index (κ2) is 10.5. The summed E-state index contributed by atoms with van der Waals surface area (Å²) < 4.78 is 20.8. The van der Waals surface area contributed by atoms with Crippen molar-refractivity contribution in [3.05, 3.63) is 36.6 Å². The van der Waals surface area contributed by atoms with E-state index in [0.717, 1.165) is 12.1 Å². The largest absolute Gasteiger partial charge is 0.382 e. The minimum absolute atomic E-state index is 0.203. The van der Waals surface area contributed by atoms with Gasteiger partial charge in [0, 0.05) is 25.3 Å². The number of aromatic nitrogens is 4. The number of nitrogens with zero attached hydrogens (tertiary/aromatic N) is 5. The molecule has 5 atom stereocenters. The lowest BCUT2D eigenvalue weighted by Gasteiger charge is -2.29. The van der Waals surface area contributed by atoms with Crippen LogP contribution in [0.5, 0.6) is 0 Å². The maximum absolute atomic E-state index is 12.4. The minimum atomic E-state index is -0.743. The molecule has 4 heterocycles. The molecule has 12 heteroatoms. The highest BCUT2D eigenvalue weighted by Gasteiger charge is 2.56. The third-order valence-corrected chi connectivity index (χ3v) is 7.53. The first-order chi connectivity index (χ1) is 18.4. The van der Waals surface area contributed by atoms with E-state index in [-0.39, 0.29) is 29.8 Å². The number of likely N-dealkylation sites (N-methyl/N-ethyl adjacent to an activating group) is 1. The molecule has 0 spiro atoms. The smallest absolute Gasteiger partial charge is 0.319 e. The predicted octanol–water partition coefficient (Wildman–Crippen LogP) is 2.56. The highest BCUT2D eigenvalue weighted by molar-refractivity contribution is 5.81. The molecular formula is C27H40N8O4. The molecule has 4 N–H and O–H groups in total. The van der Waals surface area contributed by atoms with Gasteiger partial charge in [0.2, 0.25) is 0 Å². The van der Waals surface area contributed by atoms with Crippen LogP contribution in [-0.2, 0) is 14.2 Å². The van der Waals surface area contributed by atoms with E-state index in [1.54, 1.807) is 6.33 Å². The van der Waals surface area contributed by atoms with Crippen molar-refractivity contribution in [2.24, 2.45) is 11.3 Å². The summed E-state index contributed by atoms with van der Waals surface area (Å²) in [5, 5.41) is 5.88. The summed E-state index contributed by atoms with van der Waals surface area (Å²) in [5.74, 6) is 0.0401. The number of hydrogen-bond acceptors (Lipinski definition) is 9. The van der Waals surface area contributed by atoms with Gasteiger partial charge in [-0.2, -0.15) is 0 Å². The molecule has 2 fully saturated rings. The average molecular weight is 541 g/mol. The first kappa shape index (κ1) is 27.5. The summed E-state index contributed by atoms with van der Waals surface area (Å²) in [6.07, 6.45) is 8.88. The highest BCUT2D eigenvalue weighted by Crippen LogP contribution is 2.44. The molecule has 0 radical (unpaired) electrons. The zero-order valence-corrected chi connectivity index (χ0v) is 23.5. The normalized spacial score (nSPS) is 28.1. The molecule has 3 aliphatic rings. The van der Waals surface area contributed by atoms with Gasteiger partial charge in [0.1, 0.15) is 30.2 Å². The van der Waals surface area contributed by atoms with Crippen molar-refractivity contribution in [3.8, 4) is 0 Å². The molecule has 2 saturated heterocycles. The fourth-order valence-corrected chi connectivity index (χ4v) is 5.38. The van der Waals surface area contributed by atoms with E-state index in [1.807, 2.05) is 31.5 Å². The number of hydrogen-bond donors (Lipinski definition) is 3. The Morgan fingerprint density at radius 3 is 2.72 bits per heavy atom. The number of fused-ring (bicyclic) bond motifs is 2. The van der Waals surface area contributed by atoms with Crippen molar-refractivity contribution in [2.75, 3.05) is 32.4 Å². The number of urea groups is 1. The van der Waals surface area contributed by atoms with Gasteiger partial charge in [0.25, 0.3) is 0 Å². The van der Waals surface area contributed by atoms with Gasteiger partial charge in [0.05, 0.1) is 6.33 Å². The minimum Gasteiger partial charge on any atom is -0.382 e. The molecule has 2 aliphatic heterocycles. The SMILES string of the molecule is CN(CCNC(=O)NC1=CCC(C(C)(C)C)C=C1)C[C@H]1OC(n2cnc3c(N)ncnc32)[C@@H]2OC(C)(C)O[C@H]12. The molecule has 2 unspecified atom stereocenters. The quantitative estimate of drug-likeness (QED) is 0.483. The molecule has 0 saturated carbocycles. The van der Waals surface area contributed by atoms with Crippen LogP contribution in [0, 0.1) is 11.3 Å². The van der Waals surface area contributed by atoms with Crippen LogP contribution >= 0.6 is 0 Å². The fourth-order valence-electron chi connectivity index (χ4n) is 5.38. The number of nitrogens with one attached hydrogen (secondary N) is 2. The van der Waals surface area contributed by atoms with Gasteiger partial charge in [0.15, 0.2) is 23.5 Å². The number of nitrogen functional groups attached to an aromatic ring is 1. The van der Waals surface area contributed by atoms with Crippen LogP contribution in [0.4, 0.5) is 10.6 Å². The zero-order valence-electron chi connectivity index (χ0n) is 23.5. The van der Waals surface area contributed by atoms with Crippen molar-refractivity contribution in [1.29, 1.82) is 0 Å². The Morgan fingerprint density at radius 2 is 2.00 bits per heavy atom. The van der Waals surface area contributed by atoms with Crippen molar-refractivity contribution in [3.63, 3.8) is 0 Å². The Kier molecular flexibility index (Phi) is 7.40. The molecule has 0 bridgehead atoms. The molecule has 2 aromatic rings. The maximum Gasteiger partial charge on any atom is 0.319 e. The van der Waals surface area contributed by atoms with Crippen LogP contribution in [0.1, 0.15) is 47.3 Å². The Balaban J connectivity index is 1.15. The van der Waals surface area contributed by atoms with Crippen molar-refractivity contribution in [1.82, 2.24) is 35.1 Å². The lowest BCUT2D eigenvalue weighted by atomic mass is 9.77. The van der Waals surface area contributed by atoms with E-state index in [1.165, 1.54) is 6.33 Å². The number of imidazole rings is 1. The Labute approximate surface area is 229 Å². The van der Waals surface area contributed by atoms with Crippen LogP contribution in [0.3, 0.4) is 0 Å². The molecule has 5 rings (SSSR count). The maximum atomic E-state index is 12.4. The van der Waals surface area contributed by atoms with Crippen LogP contribution in [0.25, 0.3) is 11.2 Å². The molecule has 2 amide bonds. The number of carbonyl (C=O) groups is 1. The molecule has 12 nitrogen and oxygen atoms in total. The van der Waals surface area contributed by atoms with Crippen LogP contribution in [0.15, 0.2) is 36.6 Å². The van der Waals surface area contributed by atoms with E-state index >= 15 is 0 Å². The summed E-state index contributed by atoms with van der Waals surface area (Å²) in [7, 11) is 1.99. The van der Waals surface area contributed by atoms with Crippen LogP contribution in [0.2, 0.25) is 0 Å². The van der Waals surface area contributed by atoms with Crippen LogP contribution < -0.4 is 16.4 Å². The standard InChI is InChI=1S/C27H40N8O4/c1-26(2,3)16-7-9-17(10-8-16)33-25(36)29-11-12-34(6)13-18-20-21(39-27(4,5)38-20)24(37-18)35-15-32-19-22(28)30-14-31-23(19)35/h7,9-10,14-16,18,20-21,24H,8,11-13H2,1-6H3,(H2,28,30,31)(H2,29,33,36)/t16?,18-,20-,21-,24?/m1/s1. The molecule has 0 aromatic carbocycles. The van der Waals surface area contributed by atoms with E-state index in [9.17, 15) is 4.79 Å². The van der Waals surface area contributed by atoms with Crippen molar-refractivity contribution < 1.29 is 19.0 Å². The molecule has 1 aliphatic carbocycles. The van der Waals surface area contributed by atoms with Gasteiger partial charge in [-0.1, -0.05) is 32.9 Å². The lowest BCUT2D eigenvalue weighted by molar-refractivity contribution is -0.197. The third-order valence-electron chi connectivity index (χ3n) is 7.53. The van der Waals surface area contributed by atoms with E-state index in [2.05, 4.69) is 63.4 Å². The molecule has 2 aromatic heterocycles. The monoisotopic (exact) mass is 540 g/mol. The Bertz CT molecular complexity index is 1270. The van der Waals surface area contributed by atoms with E-state index in [0.29, 0.717) is 42.5 Å². The summed E-state index contributed by atoms with van der Waals surface area (Å²) in [5.41, 5.74) is 8.12. The summed E-state index contributed by atoms with van der Waals surface area (Å²) >= 11 is 0. The first-order valence-electron chi connectivity index (χ1n) is 13.5. The van der Waals surface area contributed by atoms with Gasteiger partial charge < -0.3 is 35.5 Å². The number of amides is 2. The van der Waals surface area contributed by atoms with E-state index < -0.39 is 12.0 Å². The average Bonchev–Trinajstić information content (AvgIpc) is 3.51. The predicted molar refractivity (Wildman–Crippen MR) is 146 cm³/mol. The van der Waals surface area contributed by atoms with Crippen molar-refractivity contribution >= 4 is 23.0 Å². The number of carbonyl (C=O) groups excluding carboxylic acids is 1. The number of ether oxygens (including phenoxy) is 3. The van der Waals surface area contributed by atoms with Gasteiger partial charge in [-0.3, -0.25) is 4.57 Å². The first-order valence-corrected chi connectivity index (χ1v) is 13.5. The van der Waals surface area contributed by atoms with Gasteiger partial charge >= 0.3 is 6.03 Å². The molecule has 39 heavy (non-hydrogen) atoms. The molecular weight excluding hydrogens is 500 g/mol. The zero-order chi connectivity index (χ0) is 27.9. The summed E-state index contributed by atoms with van der Waals surface area (Å²) in [6, 6.07) is -0.215. The fraction of sp³-hybridized carbons (Fsp3) is 0.630. The lowest BCUT2D eigenvalue weighted by Crippen LogP contribution is -2.43. The number of rotatable bonds is 7. The third kappa shape index (κ3) is 5.93. The van der Waals surface area contributed by atoms with Crippen molar-refractivity contribution in [2.45, 2.75) is 71.4 Å². The number of allylic oxidation sites excluding steroid dienone is 3. The van der Waals surface area contributed by atoms with Gasteiger partial charge in [-0.25, -0.2) is 19.7 Å². The van der Waals surface area contributed by atoms with E-state index in [4.69, 9.17) is 19.9 Å². The van der Waals surface area contributed by atoms with Crippen LogP contribution in [-0.4, -0.2) is 81.2 Å². The second-order valence-electron chi connectivity index (χ2n) is 12.1. The number of nitrogens with two attached hydrogens (primary N) is 1. The summed E-state index contributed by atoms with van der Waals surface area (Å²) in [6.45, 7) is 12.2. The van der Waals surface area contributed by atoms with Gasteiger partial charge in [-0.15, -0.1) is 0 Å². The van der Waals surface area contributed by atoms with Gasteiger partial charge in [-0.05, 0) is 44.7 Å². The number of anilines is 1. The Hall–Kier alpha value is -3.06. The Morgan fingerprint density at radius 1 is 1.23 bits per heavy atom. The topological polar surface area (TPSA) is 142 Å². The highest BCUT2D eigenvalue weighted by atomic mass is 16.8.